The molecule has 1 aromatic heterocycles. The van der Waals surface area contributed by atoms with Crippen molar-refractivity contribution in [3.63, 3.8) is 0 Å². The second-order valence-corrected chi connectivity index (χ2v) is 6.92. The zero-order chi connectivity index (χ0) is 17.9. The summed E-state index contributed by atoms with van der Waals surface area (Å²) in [5.41, 5.74) is 2.74. The van der Waals surface area contributed by atoms with Crippen molar-refractivity contribution in [2.45, 2.75) is 31.7 Å². The molecule has 26 heavy (non-hydrogen) atoms. The Morgan fingerprint density at radius 1 is 1.35 bits per heavy atom. The van der Waals surface area contributed by atoms with Crippen LogP contribution in [0, 0.1) is 0 Å². The molecule has 1 unspecified atom stereocenters. The molecule has 1 saturated heterocycles. The van der Waals surface area contributed by atoms with Crippen molar-refractivity contribution < 1.29 is 9.53 Å². The number of nitrogens with zero attached hydrogens (tertiary/aromatic N) is 3. The minimum atomic E-state index is -0.00587. The molecule has 0 bridgehead atoms. The molecule has 0 radical (unpaired) electrons. The summed E-state index contributed by atoms with van der Waals surface area (Å²) < 4.78 is 5.33. The molecular formula is C20H24N4O2. The van der Waals surface area contributed by atoms with Crippen LogP contribution in [-0.2, 0) is 13.0 Å². The van der Waals surface area contributed by atoms with Crippen LogP contribution >= 0.6 is 0 Å². The predicted octanol–water partition coefficient (Wildman–Crippen LogP) is 2.15. The maximum absolute atomic E-state index is 12.9. The summed E-state index contributed by atoms with van der Waals surface area (Å²) in [5, 5.41) is 3.42. The number of ether oxygens (including phenoxy) is 1. The molecule has 3 heterocycles. The minimum Gasteiger partial charge on any atom is -0.496 e. The van der Waals surface area contributed by atoms with Gasteiger partial charge in [-0.3, -0.25) is 4.79 Å². The SMILES string of the molecule is COc1ccccc1C(=O)N1CCc2nc(C3CCCNC3)ncc2C1. The number of methoxy groups -OCH3 is 1. The normalized spacial score (nSPS) is 19.7. The number of benzene rings is 1. The molecule has 136 valence electrons. The number of nitrogens with one attached hydrogen (secondary N) is 1. The number of amides is 1. The molecule has 1 aromatic carbocycles. The average molecular weight is 352 g/mol. The van der Waals surface area contributed by atoms with Gasteiger partial charge >= 0.3 is 0 Å². The third-order valence-electron chi connectivity index (χ3n) is 5.24. The van der Waals surface area contributed by atoms with Gasteiger partial charge in [0.25, 0.3) is 5.91 Å². The van der Waals surface area contributed by atoms with Crippen molar-refractivity contribution in [2.24, 2.45) is 0 Å². The molecule has 2 aromatic rings. The summed E-state index contributed by atoms with van der Waals surface area (Å²) in [6, 6.07) is 7.36. The van der Waals surface area contributed by atoms with Crippen LogP contribution in [0.5, 0.6) is 5.75 Å². The van der Waals surface area contributed by atoms with Crippen molar-refractivity contribution in [3.8, 4) is 5.75 Å². The van der Waals surface area contributed by atoms with E-state index in [1.165, 1.54) is 6.42 Å². The summed E-state index contributed by atoms with van der Waals surface area (Å²) >= 11 is 0. The van der Waals surface area contributed by atoms with Gasteiger partial charge in [-0.15, -0.1) is 0 Å². The minimum absolute atomic E-state index is 0.00587. The molecular weight excluding hydrogens is 328 g/mol. The maximum Gasteiger partial charge on any atom is 0.257 e. The van der Waals surface area contributed by atoms with Gasteiger partial charge in [0.15, 0.2) is 0 Å². The quantitative estimate of drug-likeness (QED) is 0.917. The van der Waals surface area contributed by atoms with Crippen LogP contribution in [0.4, 0.5) is 0 Å². The van der Waals surface area contributed by atoms with E-state index >= 15 is 0 Å². The Hall–Kier alpha value is -2.47. The summed E-state index contributed by atoms with van der Waals surface area (Å²) in [6.07, 6.45) is 5.00. The molecule has 0 aliphatic carbocycles. The second kappa shape index (κ2) is 7.41. The number of carbonyl (C=O) groups excluding carboxylic acids is 1. The summed E-state index contributed by atoms with van der Waals surface area (Å²) in [7, 11) is 1.59. The van der Waals surface area contributed by atoms with Gasteiger partial charge in [0.2, 0.25) is 0 Å². The summed E-state index contributed by atoms with van der Waals surface area (Å²) in [6.45, 7) is 3.26. The lowest BCUT2D eigenvalue weighted by Gasteiger charge is -2.29. The van der Waals surface area contributed by atoms with Crippen LogP contribution in [0.15, 0.2) is 30.5 Å². The molecule has 4 rings (SSSR count). The average Bonchev–Trinajstić information content (AvgIpc) is 2.73. The predicted molar refractivity (Wildman–Crippen MR) is 98.3 cm³/mol. The van der Waals surface area contributed by atoms with Gasteiger partial charge in [-0.05, 0) is 31.5 Å². The molecule has 2 aliphatic heterocycles. The van der Waals surface area contributed by atoms with E-state index < -0.39 is 0 Å². The Kier molecular flexibility index (Phi) is 4.84. The monoisotopic (exact) mass is 352 g/mol. The number of hydrogen-bond acceptors (Lipinski definition) is 5. The van der Waals surface area contributed by atoms with Crippen LogP contribution in [0.1, 0.15) is 46.2 Å². The molecule has 1 fully saturated rings. The van der Waals surface area contributed by atoms with E-state index in [4.69, 9.17) is 9.72 Å². The van der Waals surface area contributed by atoms with Crippen molar-refractivity contribution in [3.05, 3.63) is 53.1 Å². The highest BCUT2D eigenvalue weighted by Crippen LogP contribution is 2.25. The third-order valence-corrected chi connectivity index (χ3v) is 5.24. The van der Waals surface area contributed by atoms with Crippen molar-refractivity contribution in [2.75, 3.05) is 26.7 Å². The fourth-order valence-corrected chi connectivity index (χ4v) is 3.77. The molecule has 6 heteroatoms. The number of piperidine rings is 1. The van der Waals surface area contributed by atoms with Gasteiger partial charge in [0.1, 0.15) is 11.6 Å². The van der Waals surface area contributed by atoms with Crippen LogP contribution in [0.2, 0.25) is 0 Å². The summed E-state index contributed by atoms with van der Waals surface area (Å²) in [4.78, 5) is 24.2. The highest BCUT2D eigenvalue weighted by molar-refractivity contribution is 5.97. The molecule has 1 N–H and O–H groups in total. The molecule has 1 atom stereocenters. The number of rotatable bonds is 3. The zero-order valence-corrected chi connectivity index (χ0v) is 15.1. The highest BCUT2D eigenvalue weighted by Gasteiger charge is 2.26. The Morgan fingerprint density at radius 2 is 2.23 bits per heavy atom. The molecule has 1 amide bonds. The fourth-order valence-electron chi connectivity index (χ4n) is 3.77. The Labute approximate surface area is 153 Å². The Balaban J connectivity index is 1.52. The topological polar surface area (TPSA) is 67.3 Å². The molecule has 6 nitrogen and oxygen atoms in total. The number of carbonyl (C=O) groups is 1. The van der Waals surface area contributed by atoms with Crippen molar-refractivity contribution >= 4 is 5.91 Å². The fraction of sp³-hybridized carbons (Fsp3) is 0.450. The Morgan fingerprint density at radius 3 is 3.04 bits per heavy atom. The van der Waals surface area contributed by atoms with Gasteiger partial charge in [0, 0.05) is 43.7 Å². The molecule has 0 spiro atoms. The standard InChI is InChI=1S/C20H24N4O2/c1-26-18-7-3-2-6-16(18)20(25)24-10-8-17-15(13-24)12-22-19(23-17)14-5-4-9-21-11-14/h2-3,6-7,12,14,21H,4-5,8-11,13H2,1H3. The van der Waals surface area contributed by atoms with E-state index in [0.717, 1.165) is 43.0 Å². The smallest absolute Gasteiger partial charge is 0.257 e. The first-order valence-electron chi connectivity index (χ1n) is 9.24. The van der Waals surface area contributed by atoms with Crippen LogP contribution in [-0.4, -0.2) is 47.5 Å². The van der Waals surface area contributed by atoms with Crippen LogP contribution in [0.3, 0.4) is 0 Å². The van der Waals surface area contributed by atoms with Gasteiger partial charge in [-0.2, -0.15) is 0 Å². The molecule has 2 aliphatic rings. The van der Waals surface area contributed by atoms with Gasteiger partial charge < -0.3 is 15.0 Å². The van der Waals surface area contributed by atoms with Gasteiger partial charge in [0.05, 0.1) is 18.4 Å². The number of aromatic nitrogens is 2. The number of para-hydroxylation sites is 1. The Bertz CT molecular complexity index is 802. The highest BCUT2D eigenvalue weighted by atomic mass is 16.5. The van der Waals surface area contributed by atoms with E-state index in [2.05, 4.69) is 10.3 Å². The lowest BCUT2D eigenvalue weighted by atomic mass is 9.98. The maximum atomic E-state index is 12.9. The largest absolute Gasteiger partial charge is 0.496 e. The lowest BCUT2D eigenvalue weighted by molar-refractivity contribution is 0.0729. The zero-order valence-electron chi connectivity index (χ0n) is 15.1. The number of fused-ring (bicyclic) bond motifs is 1. The van der Waals surface area contributed by atoms with Gasteiger partial charge in [-0.1, -0.05) is 12.1 Å². The lowest BCUT2D eigenvalue weighted by Crippen LogP contribution is -2.37. The second-order valence-electron chi connectivity index (χ2n) is 6.92. The molecule has 0 saturated carbocycles. The number of hydrogen-bond donors (Lipinski definition) is 1. The first-order chi connectivity index (χ1) is 12.8. The summed E-state index contributed by atoms with van der Waals surface area (Å²) in [5.74, 6) is 1.95. The van der Waals surface area contributed by atoms with E-state index in [1.54, 1.807) is 7.11 Å². The van der Waals surface area contributed by atoms with Crippen molar-refractivity contribution in [1.82, 2.24) is 20.2 Å². The van der Waals surface area contributed by atoms with E-state index in [9.17, 15) is 4.79 Å². The van der Waals surface area contributed by atoms with Gasteiger partial charge in [-0.25, -0.2) is 9.97 Å². The first kappa shape index (κ1) is 17.0. The first-order valence-corrected chi connectivity index (χ1v) is 9.24. The van der Waals surface area contributed by atoms with Crippen LogP contribution < -0.4 is 10.1 Å². The van der Waals surface area contributed by atoms with E-state index in [-0.39, 0.29) is 5.91 Å². The van der Waals surface area contributed by atoms with Crippen LogP contribution in [0.25, 0.3) is 0 Å². The third kappa shape index (κ3) is 3.29. The van der Waals surface area contributed by atoms with Crippen molar-refractivity contribution in [1.29, 1.82) is 0 Å². The van der Waals surface area contributed by atoms with E-state index in [0.29, 0.717) is 30.3 Å². The van der Waals surface area contributed by atoms with E-state index in [1.807, 2.05) is 35.4 Å².